The van der Waals surface area contributed by atoms with Gasteiger partial charge in [0.25, 0.3) is 0 Å². The molecule has 0 aliphatic carbocycles. The van der Waals surface area contributed by atoms with Gasteiger partial charge < -0.3 is 10.2 Å². The van der Waals surface area contributed by atoms with Gasteiger partial charge in [0.1, 0.15) is 5.75 Å². The number of aliphatic hydroxyl groups excluding tert-OH is 1. The highest BCUT2D eigenvalue weighted by atomic mass is 79.9. The molecule has 0 fully saturated rings. The quantitative estimate of drug-likeness (QED) is 0.878. The zero-order valence-corrected chi connectivity index (χ0v) is 9.66. The van der Waals surface area contributed by atoms with Crippen molar-refractivity contribution in [3.05, 3.63) is 40.4 Å². The van der Waals surface area contributed by atoms with Crippen molar-refractivity contribution < 1.29 is 10.2 Å². The maximum Gasteiger partial charge on any atom is 0.119 e. The number of fused-ring (bicyclic) bond motifs is 1. The number of phenols is 1. The molecule has 15 heavy (non-hydrogen) atoms. The third-order valence-corrected chi connectivity index (χ3v) is 2.92. The molecule has 0 heterocycles. The van der Waals surface area contributed by atoms with E-state index in [9.17, 15) is 5.11 Å². The summed E-state index contributed by atoms with van der Waals surface area (Å²) in [6, 6.07) is 9.42. The minimum atomic E-state index is 0.0444. The van der Waals surface area contributed by atoms with Crippen molar-refractivity contribution >= 4 is 26.7 Å². The molecule has 3 heteroatoms. The van der Waals surface area contributed by atoms with Crippen LogP contribution in [0.5, 0.6) is 5.75 Å². The number of phenolic OH excluding ortho intramolecular Hbond substituents is 1. The molecule has 2 aromatic rings. The van der Waals surface area contributed by atoms with Gasteiger partial charge in [-0.2, -0.15) is 0 Å². The Morgan fingerprint density at radius 2 is 1.93 bits per heavy atom. The molecule has 0 bridgehead atoms. The Hall–Kier alpha value is -1.06. The Morgan fingerprint density at radius 3 is 2.67 bits per heavy atom. The number of aliphatic hydroxyl groups is 1. The second-order valence-corrected chi connectivity index (χ2v) is 4.32. The fraction of sp³-hybridized carbons (Fsp3) is 0.167. The predicted molar refractivity (Wildman–Crippen MR) is 64.1 cm³/mol. The van der Waals surface area contributed by atoms with Gasteiger partial charge in [-0.3, -0.25) is 0 Å². The van der Waals surface area contributed by atoms with Crippen molar-refractivity contribution in [1.82, 2.24) is 0 Å². The van der Waals surface area contributed by atoms with Crippen LogP contribution in [0.1, 0.15) is 5.56 Å². The number of hydrogen-bond donors (Lipinski definition) is 2. The standard InChI is InChI=1S/C12H11BrO2/c13-9-2-3-10-8(7-9)1-4-12(15)11(10)5-6-14/h1-4,7,14-15H,5-6H2. The second kappa shape index (κ2) is 4.21. The lowest BCUT2D eigenvalue weighted by molar-refractivity contribution is 0.298. The zero-order valence-electron chi connectivity index (χ0n) is 8.07. The van der Waals surface area contributed by atoms with Crippen molar-refractivity contribution in [2.24, 2.45) is 0 Å². The van der Waals surface area contributed by atoms with E-state index < -0.39 is 0 Å². The van der Waals surface area contributed by atoms with E-state index in [2.05, 4.69) is 15.9 Å². The highest BCUT2D eigenvalue weighted by Crippen LogP contribution is 2.29. The highest BCUT2D eigenvalue weighted by Gasteiger charge is 2.06. The zero-order chi connectivity index (χ0) is 10.8. The molecule has 0 radical (unpaired) electrons. The first kappa shape index (κ1) is 10.5. The summed E-state index contributed by atoms with van der Waals surface area (Å²) in [6.07, 6.45) is 0.477. The average Bonchev–Trinajstić information content (AvgIpc) is 2.22. The van der Waals surface area contributed by atoms with E-state index in [1.165, 1.54) is 0 Å². The van der Waals surface area contributed by atoms with Crippen molar-refractivity contribution in [2.45, 2.75) is 6.42 Å². The predicted octanol–water partition coefficient (Wildman–Crippen LogP) is 2.84. The minimum Gasteiger partial charge on any atom is -0.508 e. The summed E-state index contributed by atoms with van der Waals surface area (Å²) in [4.78, 5) is 0. The van der Waals surface area contributed by atoms with Crippen molar-refractivity contribution in [3.63, 3.8) is 0 Å². The van der Waals surface area contributed by atoms with Crippen LogP contribution in [-0.2, 0) is 6.42 Å². The monoisotopic (exact) mass is 266 g/mol. The van der Waals surface area contributed by atoms with Gasteiger partial charge in [0.05, 0.1) is 0 Å². The number of aromatic hydroxyl groups is 1. The van der Waals surface area contributed by atoms with Crippen LogP contribution < -0.4 is 0 Å². The van der Waals surface area contributed by atoms with Gasteiger partial charge in [-0.1, -0.05) is 28.1 Å². The number of rotatable bonds is 2. The van der Waals surface area contributed by atoms with Crippen LogP contribution >= 0.6 is 15.9 Å². The van der Waals surface area contributed by atoms with Crippen LogP contribution in [0.3, 0.4) is 0 Å². The van der Waals surface area contributed by atoms with E-state index in [0.717, 1.165) is 20.8 Å². The van der Waals surface area contributed by atoms with Crippen LogP contribution in [-0.4, -0.2) is 16.8 Å². The Balaban J connectivity index is 2.70. The number of hydrogen-bond acceptors (Lipinski definition) is 2. The molecule has 2 aromatic carbocycles. The molecular formula is C12H11BrO2. The second-order valence-electron chi connectivity index (χ2n) is 3.40. The summed E-state index contributed by atoms with van der Waals surface area (Å²) in [5.74, 6) is 0.249. The minimum absolute atomic E-state index is 0.0444. The molecule has 0 atom stereocenters. The molecular weight excluding hydrogens is 256 g/mol. The third-order valence-electron chi connectivity index (χ3n) is 2.43. The number of benzene rings is 2. The van der Waals surface area contributed by atoms with E-state index in [1.54, 1.807) is 6.07 Å². The van der Waals surface area contributed by atoms with Crippen molar-refractivity contribution in [1.29, 1.82) is 0 Å². The fourth-order valence-corrected chi connectivity index (χ4v) is 2.11. The summed E-state index contributed by atoms with van der Waals surface area (Å²) >= 11 is 3.40. The van der Waals surface area contributed by atoms with Crippen LogP contribution in [0.2, 0.25) is 0 Å². The third kappa shape index (κ3) is 1.98. The average molecular weight is 267 g/mol. The molecule has 0 saturated carbocycles. The van der Waals surface area contributed by atoms with Crippen LogP contribution in [0, 0.1) is 0 Å². The molecule has 78 valence electrons. The summed E-state index contributed by atoms with van der Waals surface area (Å²) in [7, 11) is 0. The van der Waals surface area contributed by atoms with E-state index >= 15 is 0 Å². The van der Waals surface area contributed by atoms with Crippen molar-refractivity contribution in [2.75, 3.05) is 6.61 Å². The summed E-state index contributed by atoms with van der Waals surface area (Å²) < 4.78 is 1.01. The molecule has 0 amide bonds. The van der Waals surface area contributed by atoms with E-state index in [-0.39, 0.29) is 12.4 Å². The molecule has 0 aliphatic heterocycles. The molecule has 0 aromatic heterocycles. The summed E-state index contributed by atoms with van der Waals surface area (Å²) in [6.45, 7) is 0.0444. The fourth-order valence-electron chi connectivity index (χ4n) is 1.73. The maximum absolute atomic E-state index is 9.69. The first-order valence-corrected chi connectivity index (χ1v) is 5.52. The van der Waals surface area contributed by atoms with Gasteiger partial charge in [-0.05, 0) is 35.4 Å². The summed E-state index contributed by atoms with van der Waals surface area (Å²) in [5, 5.41) is 20.7. The van der Waals surface area contributed by atoms with Crippen LogP contribution in [0.15, 0.2) is 34.8 Å². The van der Waals surface area contributed by atoms with Crippen LogP contribution in [0.25, 0.3) is 10.8 Å². The Labute approximate surface area is 96.3 Å². The molecule has 0 unspecified atom stereocenters. The van der Waals surface area contributed by atoms with E-state index in [4.69, 9.17) is 5.11 Å². The van der Waals surface area contributed by atoms with Gasteiger partial charge in [0.15, 0.2) is 0 Å². The smallest absolute Gasteiger partial charge is 0.119 e. The molecule has 2 N–H and O–H groups in total. The number of halogens is 1. The van der Waals surface area contributed by atoms with Crippen molar-refractivity contribution in [3.8, 4) is 5.75 Å². The molecule has 2 rings (SSSR count). The maximum atomic E-state index is 9.69. The lowest BCUT2D eigenvalue weighted by atomic mass is 10.0. The molecule has 0 aliphatic rings. The van der Waals surface area contributed by atoms with Gasteiger partial charge in [0, 0.05) is 16.6 Å². The SMILES string of the molecule is OCCc1c(O)ccc2cc(Br)ccc12. The first-order valence-electron chi connectivity index (χ1n) is 4.73. The first-order chi connectivity index (χ1) is 7.22. The lowest BCUT2D eigenvalue weighted by Crippen LogP contribution is -1.92. The topological polar surface area (TPSA) is 40.5 Å². The molecule has 2 nitrogen and oxygen atoms in total. The normalized spacial score (nSPS) is 10.8. The highest BCUT2D eigenvalue weighted by molar-refractivity contribution is 9.10. The lowest BCUT2D eigenvalue weighted by Gasteiger charge is -2.08. The summed E-state index contributed by atoms with van der Waals surface area (Å²) in [5.41, 5.74) is 0.808. The molecule has 0 saturated heterocycles. The van der Waals surface area contributed by atoms with Gasteiger partial charge in [-0.15, -0.1) is 0 Å². The van der Waals surface area contributed by atoms with E-state index in [0.29, 0.717) is 6.42 Å². The van der Waals surface area contributed by atoms with Gasteiger partial charge in [0.2, 0.25) is 0 Å². The Bertz CT molecular complexity index is 494. The Kier molecular flexibility index (Phi) is 2.93. The van der Waals surface area contributed by atoms with Gasteiger partial charge >= 0.3 is 0 Å². The van der Waals surface area contributed by atoms with Gasteiger partial charge in [-0.25, -0.2) is 0 Å². The Morgan fingerprint density at radius 1 is 1.13 bits per heavy atom. The largest absolute Gasteiger partial charge is 0.508 e. The molecule has 0 spiro atoms. The van der Waals surface area contributed by atoms with E-state index in [1.807, 2.05) is 24.3 Å². The van der Waals surface area contributed by atoms with Crippen LogP contribution in [0.4, 0.5) is 0 Å².